The van der Waals surface area contributed by atoms with E-state index in [2.05, 4.69) is 0 Å². The van der Waals surface area contributed by atoms with Crippen LogP contribution in [0, 0.1) is 0 Å². The van der Waals surface area contributed by atoms with Gasteiger partial charge in [0.15, 0.2) is 17.9 Å². The molecule has 4 unspecified atom stereocenters. The Morgan fingerprint density at radius 3 is 2.48 bits per heavy atom. The summed E-state index contributed by atoms with van der Waals surface area (Å²) < 4.78 is 17.5. The van der Waals surface area contributed by atoms with E-state index in [4.69, 9.17) is 32.2 Å². The fraction of sp³-hybridized carbons (Fsp3) is 0.448. The lowest BCUT2D eigenvalue weighted by atomic mass is 9.72. The van der Waals surface area contributed by atoms with Gasteiger partial charge in [-0.2, -0.15) is 0 Å². The molecule has 6 atom stereocenters. The lowest BCUT2D eigenvalue weighted by molar-refractivity contribution is -0.247. The number of Topliss-reactive ketones (excluding diaryl/α,β-unsaturated/α-hetero) is 2. The number of benzene rings is 2. The van der Waals surface area contributed by atoms with Crippen LogP contribution in [0.2, 0.25) is 0 Å². The van der Waals surface area contributed by atoms with E-state index in [1.54, 1.807) is 19.1 Å². The number of phenols is 2. The number of hydrogen-bond acceptors (Lipinski definition) is 12. The second-order valence-corrected chi connectivity index (χ2v) is 11.3. The molecule has 6 N–H and O–H groups in total. The molecule has 1 heterocycles. The summed E-state index contributed by atoms with van der Waals surface area (Å²) in [5, 5.41) is 44.7. The normalized spacial score (nSPS) is 28.2. The molecule has 1 aliphatic heterocycles. The average Bonchev–Trinajstić information content (AvgIpc) is 2.90. The van der Waals surface area contributed by atoms with Crippen LogP contribution in [-0.4, -0.2) is 79.4 Å². The fourth-order valence-electron chi connectivity index (χ4n) is 5.79. The zero-order valence-electron chi connectivity index (χ0n) is 23.1. The van der Waals surface area contributed by atoms with Crippen molar-refractivity contribution < 1.29 is 49.0 Å². The van der Waals surface area contributed by atoms with Crippen molar-refractivity contribution in [2.75, 3.05) is 6.61 Å². The molecular formula is C29H32ClNO10S. The van der Waals surface area contributed by atoms with Gasteiger partial charge in [-0.1, -0.05) is 24.4 Å². The van der Waals surface area contributed by atoms with E-state index in [-0.39, 0.29) is 88.1 Å². The summed E-state index contributed by atoms with van der Waals surface area (Å²) >= 11 is 5.66. The Balaban J connectivity index is 0.00000405. The minimum Gasteiger partial charge on any atom is -0.507 e. The number of thiocarbonyl (C=S) groups is 1. The van der Waals surface area contributed by atoms with Gasteiger partial charge in [-0.15, -0.1) is 12.4 Å². The van der Waals surface area contributed by atoms with Crippen molar-refractivity contribution in [2.45, 2.75) is 76.3 Å². The third-order valence-electron chi connectivity index (χ3n) is 8.01. The lowest BCUT2D eigenvalue weighted by Crippen LogP contribution is -2.52. The molecule has 11 nitrogen and oxygen atoms in total. The third kappa shape index (κ3) is 5.21. The SMILES string of the molecule is CC(=O)COc1cccc2c1C(=O)c1c(O)c3c(c(O)c1C2=S)C[C@@](O)(C(C)=O)C[C@@H]3OC1CC(N)C(O)C(C)O1.Cl. The van der Waals surface area contributed by atoms with E-state index < -0.39 is 59.3 Å². The zero-order chi connectivity index (χ0) is 30.0. The maximum atomic E-state index is 13.9. The molecule has 0 amide bonds. The van der Waals surface area contributed by atoms with Crippen LogP contribution >= 0.6 is 24.6 Å². The first kappa shape index (κ1) is 32.0. The third-order valence-corrected chi connectivity index (χ3v) is 8.43. The number of carbonyl (C=O) groups is 3. The van der Waals surface area contributed by atoms with E-state index in [0.29, 0.717) is 0 Å². The highest BCUT2D eigenvalue weighted by molar-refractivity contribution is 7.81. The van der Waals surface area contributed by atoms with Crippen LogP contribution in [-0.2, 0) is 25.5 Å². The monoisotopic (exact) mass is 621 g/mol. The minimum atomic E-state index is -1.97. The highest BCUT2D eigenvalue weighted by atomic mass is 35.5. The largest absolute Gasteiger partial charge is 0.507 e. The van der Waals surface area contributed by atoms with Gasteiger partial charge in [0.1, 0.15) is 29.5 Å². The summed E-state index contributed by atoms with van der Waals surface area (Å²) in [4.78, 5) is 38.1. The molecule has 0 saturated carbocycles. The van der Waals surface area contributed by atoms with Gasteiger partial charge < -0.3 is 40.4 Å². The van der Waals surface area contributed by atoms with Crippen LogP contribution in [0.1, 0.15) is 77.9 Å². The average molecular weight is 622 g/mol. The van der Waals surface area contributed by atoms with Crippen molar-refractivity contribution in [3.05, 3.63) is 51.6 Å². The smallest absolute Gasteiger partial charge is 0.201 e. The predicted octanol–water partition coefficient (Wildman–Crippen LogP) is 1.95. The second-order valence-electron chi connectivity index (χ2n) is 10.9. The van der Waals surface area contributed by atoms with Gasteiger partial charge in [0.25, 0.3) is 0 Å². The minimum absolute atomic E-state index is 0. The number of ketones is 3. The van der Waals surface area contributed by atoms with Gasteiger partial charge >= 0.3 is 0 Å². The van der Waals surface area contributed by atoms with E-state index in [1.165, 1.54) is 19.9 Å². The summed E-state index contributed by atoms with van der Waals surface area (Å²) in [6.45, 7) is 3.86. The van der Waals surface area contributed by atoms with Crippen molar-refractivity contribution in [3.8, 4) is 17.2 Å². The first-order valence-electron chi connectivity index (χ1n) is 13.2. The number of aliphatic hydroxyl groups is 2. The number of fused-ring (bicyclic) bond motifs is 3. The Morgan fingerprint density at radius 1 is 1.17 bits per heavy atom. The fourth-order valence-corrected chi connectivity index (χ4v) is 6.16. The molecule has 1 fully saturated rings. The van der Waals surface area contributed by atoms with Crippen molar-refractivity contribution in [1.82, 2.24) is 0 Å². The lowest BCUT2D eigenvalue weighted by Gasteiger charge is -2.42. The van der Waals surface area contributed by atoms with Crippen molar-refractivity contribution in [2.24, 2.45) is 5.73 Å². The molecule has 226 valence electrons. The highest BCUT2D eigenvalue weighted by Crippen LogP contribution is 2.52. The van der Waals surface area contributed by atoms with Gasteiger partial charge in [-0.3, -0.25) is 14.4 Å². The number of hydrogen-bond donors (Lipinski definition) is 5. The van der Waals surface area contributed by atoms with Crippen LogP contribution in [0.4, 0.5) is 0 Å². The van der Waals surface area contributed by atoms with Gasteiger partial charge in [-0.05, 0) is 26.8 Å². The molecule has 1 saturated heterocycles. The Kier molecular flexibility index (Phi) is 8.83. The van der Waals surface area contributed by atoms with Gasteiger partial charge in [0, 0.05) is 42.0 Å². The molecule has 2 aromatic rings. The van der Waals surface area contributed by atoms with E-state index in [9.17, 15) is 34.8 Å². The van der Waals surface area contributed by atoms with Crippen LogP contribution in [0.3, 0.4) is 0 Å². The Hall–Kier alpha value is -2.97. The number of carbonyl (C=O) groups excluding carboxylic acids is 3. The first-order chi connectivity index (χ1) is 19.2. The number of ether oxygens (including phenoxy) is 3. The summed E-state index contributed by atoms with van der Waals surface area (Å²) in [6.07, 6.45) is -4.43. The molecule has 13 heteroatoms. The quantitative estimate of drug-likeness (QED) is 0.199. The Labute approximate surface area is 253 Å². The summed E-state index contributed by atoms with van der Waals surface area (Å²) in [6, 6.07) is 3.96. The van der Waals surface area contributed by atoms with Gasteiger partial charge in [-0.25, -0.2) is 0 Å². The maximum Gasteiger partial charge on any atom is 0.201 e. The standard InChI is InChI=1S/C29H31NO10S.ClH/c1-11(31)10-38-17-6-4-5-14-20(17)26(35)22-23(28(14)41)25(34)15-8-29(37,13(3)32)9-18(21(15)27(22)36)40-19-7-16(30)24(33)12(2)39-19;/h4-6,12,16,18-19,24,33-34,36-37H,7-10,30H2,1-3H3;1H/t12?,16?,18-,19?,24?,29-;/m0./s1. The van der Waals surface area contributed by atoms with Gasteiger partial charge in [0.05, 0.1) is 39.9 Å². The molecule has 0 aromatic heterocycles. The molecule has 3 aliphatic rings. The van der Waals surface area contributed by atoms with Crippen molar-refractivity contribution in [1.29, 1.82) is 0 Å². The molecule has 0 radical (unpaired) electrons. The first-order valence-corrected chi connectivity index (χ1v) is 13.6. The molecule has 2 aliphatic carbocycles. The zero-order valence-corrected chi connectivity index (χ0v) is 24.7. The van der Waals surface area contributed by atoms with E-state index in [0.717, 1.165) is 0 Å². The summed E-state index contributed by atoms with van der Waals surface area (Å²) in [5.41, 5.74) is 3.97. The Bertz CT molecular complexity index is 1480. The summed E-state index contributed by atoms with van der Waals surface area (Å²) in [7, 11) is 0. The highest BCUT2D eigenvalue weighted by Gasteiger charge is 2.49. The number of phenolic OH excluding ortho intramolecular Hbond substituents is 2. The number of rotatable bonds is 6. The summed E-state index contributed by atoms with van der Waals surface area (Å²) in [5.74, 6) is -2.47. The molecule has 0 spiro atoms. The molecular weight excluding hydrogens is 590 g/mol. The Morgan fingerprint density at radius 2 is 1.86 bits per heavy atom. The van der Waals surface area contributed by atoms with Crippen LogP contribution < -0.4 is 10.5 Å². The topological polar surface area (TPSA) is 186 Å². The van der Waals surface area contributed by atoms with E-state index >= 15 is 0 Å². The van der Waals surface area contributed by atoms with Crippen LogP contribution in [0.25, 0.3) is 0 Å². The molecule has 0 bridgehead atoms. The number of nitrogens with two attached hydrogens (primary N) is 1. The van der Waals surface area contributed by atoms with Crippen LogP contribution in [0.5, 0.6) is 17.2 Å². The molecule has 5 rings (SSSR count). The number of aromatic hydroxyl groups is 2. The maximum absolute atomic E-state index is 13.9. The second kappa shape index (κ2) is 11.6. The molecule has 2 aromatic carbocycles. The number of halogens is 1. The molecule has 42 heavy (non-hydrogen) atoms. The number of aliphatic hydroxyl groups excluding tert-OH is 1. The van der Waals surface area contributed by atoms with Crippen LogP contribution in [0.15, 0.2) is 18.2 Å². The van der Waals surface area contributed by atoms with Crippen molar-refractivity contribution in [3.63, 3.8) is 0 Å². The van der Waals surface area contributed by atoms with E-state index in [1.807, 2.05) is 0 Å². The van der Waals surface area contributed by atoms with Gasteiger partial charge in [0.2, 0.25) is 5.78 Å². The van der Waals surface area contributed by atoms with Crippen molar-refractivity contribution >= 4 is 46.8 Å². The predicted molar refractivity (Wildman–Crippen MR) is 155 cm³/mol.